The molecule has 3 aromatic carbocycles. The van der Waals surface area contributed by atoms with Crippen molar-refractivity contribution in [2.75, 3.05) is 37.7 Å². The van der Waals surface area contributed by atoms with Gasteiger partial charge in [-0.1, -0.05) is 29.3 Å². The summed E-state index contributed by atoms with van der Waals surface area (Å²) in [6, 6.07) is 7.95. The highest BCUT2D eigenvalue weighted by Crippen LogP contribution is 2.45. The van der Waals surface area contributed by atoms with Crippen molar-refractivity contribution in [2.45, 2.75) is 56.1 Å². The van der Waals surface area contributed by atoms with Gasteiger partial charge in [0.05, 0.1) is 15.6 Å². The van der Waals surface area contributed by atoms with E-state index in [0.717, 1.165) is 64.7 Å². The van der Waals surface area contributed by atoms with Crippen LogP contribution in [0, 0.1) is 11.6 Å². The van der Waals surface area contributed by atoms with E-state index in [1.165, 1.54) is 24.3 Å². The number of hydrogen-bond donors (Lipinski definition) is 2. The standard InChI is InChI=1S/C32H31Cl2F2N5O2/c33-23-13-22-29(28(36)26(23)21-12-20(42)11-17-3-6-24(35)27(34)25(17)21)38-31(43-16-32-7-1-9-41(32)10-2-8-32)39-30(22)40-14-18-4-5-19(15-40)37-18/h3,6,11-13,18-19,37,42H,1-2,4-5,7-10,14-16H2. The second-order valence-electron chi connectivity index (χ2n) is 12.5. The number of fused-ring (bicyclic) bond motifs is 5. The Morgan fingerprint density at radius 2 is 1.77 bits per heavy atom. The average molecular weight is 627 g/mol. The van der Waals surface area contributed by atoms with Crippen LogP contribution in [-0.2, 0) is 0 Å². The zero-order chi connectivity index (χ0) is 29.5. The number of benzene rings is 3. The molecule has 2 atom stereocenters. The highest BCUT2D eigenvalue weighted by molar-refractivity contribution is 6.38. The van der Waals surface area contributed by atoms with Crippen molar-refractivity contribution in [3.05, 3.63) is 52.0 Å². The minimum Gasteiger partial charge on any atom is -0.508 e. The topological polar surface area (TPSA) is 73.8 Å². The Labute approximate surface area is 257 Å². The fraction of sp³-hybridized carbons (Fsp3) is 0.438. The summed E-state index contributed by atoms with van der Waals surface area (Å²) >= 11 is 13.2. The van der Waals surface area contributed by atoms with E-state index >= 15 is 4.39 Å². The van der Waals surface area contributed by atoms with Gasteiger partial charge in [-0.15, -0.1) is 0 Å². The van der Waals surface area contributed by atoms with Crippen LogP contribution in [0.15, 0.2) is 30.3 Å². The van der Waals surface area contributed by atoms with Crippen LogP contribution in [0.25, 0.3) is 32.8 Å². The molecule has 224 valence electrons. The molecule has 2 bridgehead atoms. The molecule has 2 unspecified atom stereocenters. The number of phenols is 1. The van der Waals surface area contributed by atoms with Gasteiger partial charge >= 0.3 is 6.01 Å². The number of nitrogens with zero attached hydrogens (tertiary/aromatic N) is 4. The van der Waals surface area contributed by atoms with Crippen molar-refractivity contribution < 1.29 is 18.6 Å². The van der Waals surface area contributed by atoms with Crippen LogP contribution in [0.1, 0.15) is 38.5 Å². The van der Waals surface area contributed by atoms with Gasteiger partial charge < -0.3 is 20.1 Å². The van der Waals surface area contributed by atoms with Gasteiger partial charge in [-0.2, -0.15) is 9.97 Å². The molecule has 4 saturated heterocycles. The quantitative estimate of drug-likeness (QED) is 0.256. The molecule has 4 aliphatic rings. The molecule has 8 rings (SSSR count). The number of aromatic nitrogens is 2. The summed E-state index contributed by atoms with van der Waals surface area (Å²) in [5.41, 5.74) is 0.187. The average Bonchev–Trinajstić information content (AvgIpc) is 3.67. The first-order chi connectivity index (χ1) is 20.8. The summed E-state index contributed by atoms with van der Waals surface area (Å²) in [6.07, 6.45) is 6.54. The third-order valence-electron chi connectivity index (χ3n) is 9.90. The van der Waals surface area contributed by atoms with Crippen LogP contribution in [0.4, 0.5) is 14.6 Å². The lowest BCUT2D eigenvalue weighted by Gasteiger charge is -2.35. The number of piperazine rings is 1. The minimum atomic E-state index is -0.706. The van der Waals surface area contributed by atoms with Gasteiger partial charge in [0.2, 0.25) is 0 Å². The number of aromatic hydroxyl groups is 1. The maximum atomic E-state index is 16.9. The summed E-state index contributed by atoms with van der Waals surface area (Å²) < 4.78 is 37.8. The van der Waals surface area contributed by atoms with Crippen LogP contribution < -0.4 is 15.0 Å². The van der Waals surface area contributed by atoms with Crippen molar-refractivity contribution in [3.63, 3.8) is 0 Å². The van der Waals surface area contributed by atoms with Crippen molar-refractivity contribution >= 4 is 50.7 Å². The maximum absolute atomic E-state index is 16.9. The Morgan fingerprint density at radius 1 is 1.02 bits per heavy atom. The molecule has 1 aromatic heterocycles. The van der Waals surface area contributed by atoms with Gasteiger partial charge in [-0.3, -0.25) is 4.90 Å². The predicted molar refractivity (Wildman–Crippen MR) is 165 cm³/mol. The Morgan fingerprint density at radius 3 is 2.51 bits per heavy atom. The molecule has 43 heavy (non-hydrogen) atoms. The third-order valence-corrected chi connectivity index (χ3v) is 10.6. The third kappa shape index (κ3) is 4.50. The molecule has 0 saturated carbocycles. The molecule has 0 radical (unpaired) electrons. The lowest BCUT2D eigenvalue weighted by molar-refractivity contribution is 0.108. The molecule has 11 heteroatoms. The van der Waals surface area contributed by atoms with E-state index < -0.39 is 11.6 Å². The van der Waals surface area contributed by atoms with E-state index in [2.05, 4.69) is 20.1 Å². The van der Waals surface area contributed by atoms with E-state index in [0.29, 0.717) is 35.3 Å². The van der Waals surface area contributed by atoms with Gasteiger partial charge in [0, 0.05) is 41.5 Å². The van der Waals surface area contributed by atoms with Crippen molar-refractivity contribution in [3.8, 4) is 22.9 Å². The minimum absolute atomic E-state index is 0.0186. The highest BCUT2D eigenvalue weighted by atomic mass is 35.5. The second kappa shape index (κ2) is 10.3. The number of anilines is 1. The maximum Gasteiger partial charge on any atom is 0.319 e. The van der Waals surface area contributed by atoms with Gasteiger partial charge in [-0.05, 0) is 86.8 Å². The lowest BCUT2D eigenvalue weighted by atomic mass is 9.95. The van der Waals surface area contributed by atoms with Gasteiger partial charge in [0.25, 0.3) is 0 Å². The molecule has 2 N–H and O–H groups in total. The summed E-state index contributed by atoms with van der Waals surface area (Å²) in [5, 5.41) is 15.3. The Bertz CT molecular complexity index is 1770. The zero-order valence-corrected chi connectivity index (χ0v) is 25.0. The summed E-state index contributed by atoms with van der Waals surface area (Å²) in [4.78, 5) is 14.2. The number of phenolic OH excluding ortho intramolecular Hbond substituents is 1. The van der Waals surface area contributed by atoms with E-state index in [1.54, 1.807) is 6.07 Å². The first-order valence-electron chi connectivity index (χ1n) is 15.0. The van der Waals surface area contributed by atoms with Crippen LogP contribution in [0.3, 0.4) is 0 Å². The van der Waals surface area contributed by atoms with Crippen LogP contribution in [0.5, 0.6) is 11.8 Å². The molecule has 7 nitrogen and oxygen atoms in total. The molecule has 0 spiro atoms. The smallest absolute Gasteiger partial charge is 0.319 e. The number of nitrogens with one attached hydrogen (secondary N) is 1. The largest absolute Gasteiger partial charge is 0.508 e. The molecule has 0 amide bonds. The van der Waals surface area contributed by atoms with Crippen LogP contribution in [0.2, 0.25) is 10.0 Å². The molecule has 4 fully saturated rings. The predicted octanol–water partition coefficient (Wildman–Crippen LogP) is 6.69. The van der Waals surface area contributed by atoms with Crippen LogP contribution in [-0.4, -0.2) is 70.4 Å². The van der Waals surface area contributed by atoms with Crippen molar-refractivity contribution in [2.24, 2.45) is 0 Å². The molecular formula is C32H31Cl2F2N5O2. The first kappa shape index (κ1) is 27.6. The monoisotopic (exact) mass is 625 g/mol. The Balaban J connectivity index is 1.30. The molecule has 0 aliphatic carbocycles. The normalized spacial score (nSPS) is 23.0. The van der Waals surface area contributed by atoms with Gasteiger partial charge in [0.15, 0.2) is 5.82 Å². The fourth-order valence-electron chi connectivity index (χ4n) is 7.92. The SMILES string of the molecule is Oc1cc(-c2c(Cl)cc3c(N4CC5CCC(C4)N5)nc(OCC45CCCN4CCC5)nc3c2F)c2c(Cl)c(F)ccc2c1. The Kier molecular flexibility index (Phi) is 6.60. The highest BCUT2D eigenvalue weighted by Gasteiger charge is 2.45. The summed E-state index contributed by atoms with van der Waals surface area (Å²) in [6.45, 7) is 4.03. The Hall–Kier alpha value is -2.98. The zero-order valence-electron chi connectivity index (χ0n) is 23.5. The number of hydrogen-bond acceptors (Lipinski definition) is 7. The molecule has 4 aromatic rings. The van der Waals surface area contributed by atoms with E-state index in [1.807, 2.05) is 0 Å². The molecule has 4 aliphatic heterocycles. The van der Waals surface area contributed by atoms with E-state index in [9.17, 15) is 9.50 Å². The van der Waals surface area contributed by atoms with E-state index in [4.69, 9.17) is 32.9 Å². The number of rotatable bonds is 5. The number of ether oxygens (including phenoxy) is 1. The van der Waals surface area contributed by atoms with E-state index in [-0.39, 0.29) is 49.4 Å². The van der Waals surface area contributed by atoms with Crippen molar-refractivity contribution in [1.82, 2.24) is 20.2 Å². The first-order valence-corrected chi connectivity index (χ1v) is 15.7. The van der Waals surface area contributed by atoms with Crippen LogP contribution >= 0.6 is 23.2 Å². The molecule has 5 heterocycles. The van der Waals surface area contributed by atoms with Crippen molar-refractivity contribution in [1.29, 1.82) is 0 Å². The summed E-state index contributed by atoms with van der Waals surface area (Å²) in [7, 11) is 0. The fourth-order valence-corrected chi connectivity index (χ4v) is 8.49. The van der Waals surface area contributed by atoms with Gasteiger partial charge in [0.1, 0.15) is 29.5 Å². The second-order valence-corrected chi connectivity index (χ2v) is 13.3. The molecular weight excluding hydrogens is 595 g/mol. The summed E-state index contributed by atoms with van der Waals surface area (Å²) in [5.74, 6) is -0.897. The number of halogens is 4. The lowest BCUT2D eigenvalue weighted by Crippen LogP contribution is -2.51. The van der Waals surface area contributed by atoms with Gasteiger partial charge in [-0.25, -0.2) is 8.78 Å².